The van der Waals surface area contributed by atoms with E-state index < -0.39 is 18.3 Å². The molecule has 1 rings (SSSR count). The summed E-state index contributed by atoms with van der Waals surface area (Å²) in [5, 5.41) is 12.4. The van der Waals surface area contributed by atoms with Crippen LogP contribution in [0.25, 0.3) is 0 Å². The smallest absolute Gasteiger partial charge is 0.309 e. The highest BCUT2D eigenvalue weighted by Gasteiger charge is 2.39. The second kappa shape index (κ2) is 4.19. The van der Waals surface area contributed by atoms with Gasteiger partial charge in [-0.3, -0.25) is 9.48 Å². The molecular weight excluding hydrogens is 218 g/mol. The molecule has 0 amide bonds. The molecule has 0 unspecified atom stereocenters. The number of carbonyl (C=O) groups is 1. The highest BCUT2D eigenvalue weighted by atomic mass is 19.3. The Labute approximate surface area is 91.9 Å². The number of halogens is 2. The van der Waals surface area contributed by atoms with E-state index in [0.717, 1.165) is 0 Å². The van der Waals surface area contributed by atoms with Gasteiger partial charge in [0, 0.05) is 12.2 Å². The number of aryl methyl sites for hydroxylation is 2. The quantitative estimate of drug-likeness (QED) is 0.864. The van der Waals surface area contributed by atoms with E-state index in [2.05, 4.69) is 5.10 Å². The van der Waals surface area contributed by atoms with Gasteiger partial charge in [0.25, 0.3) is 5.92 Å². The van der Waals surface area contributed by atoms with Gasteiger partial charge >= 0.3 is 5.97 Å². The van der Waals surface area contributed by atoms with E-state index in [0.29, 0.717) is 12.2 Å². The number of aromatic nitrogens is 2. The lowest BCUT2D eigenvalue weighted by atomic mass is 10.0. The first-order valence-electron chi connectivity index (χ1n) is 4.93. The number of aliphatic carboxylic acids is 1. The van der Waals surface area contributed by atoms with Crippen LogP contribution in [0.4, 0.5) is 8.78 Å². The summed E-state index contributed by atoms with van der Waals surface area (Å²) in [6, 6.07) is 0. The number of carboxylic acid groups (broad SMARTS) is 1. The van der Waals surface area contributed by atoms with Crippen LogP contribution in [0.2, 0.25) is 0 Å². The lowest BCUT2D eigenvalue weighted by Gasteiger charge is -2.14. The van der Waals surface area contributed by atoms with Crippen LogP contribution in [0.1, 0.15) is 30.3 Å². The highest BCUT2D eigenvalue weighted by Crippen LogP contribution is 2.35. The molecule has 0 aliphatic carbocycles. The average Bonchev–Trinajstić information content (AvgIpc) is 2.39. The third kappa shape index (κ3) is 2.20. The predicted molar refractivity (Wildman–Crippen MR) is 53.5 cm³/mol. The molecule has 0 radical (unpaired) electrons. The first kappa shape index (κ1) is 12.6. The largest absolute Gasteiger partial charge is 0.481 e. The number of hydrogen-bond donors (Lipinski definition) is 1. The van der Waals surface area contributed by atoms with Crippen LogP contribution >= 0.6 is 0 Å². The van der Waals surface area contributed by atoms with Crippen LogP contribution in [0.15, 0.2) is 0 Å². The summed E-state index contributed by atoms with van der Waals surface area (Å²) in [4.78, 5) is 10.4. The summed E-state index contributed by atoms with van der Waals surface area (Å²) < 4.78 is 28.7. The van der Waals surface area contributed by atoms with Gasteiger partial charge < -0.3 is 5.11 Å². The van der Waals surface area contributed by atoms with E-state index >= 15 is 0 Å². The van der Waals surface area contributed by atoms with Gasteiger partial charge in [-0.25, -0.2) is 8.78 Å². The van der Waals surface area contributed by atoms with E-state index in [-0.39, 0.29) is 11.3 Å². The molecule has 1 heterocycles. The Morgan fingerprint density at radius 3 is 2.44 bits per heavy atom. The molecule has 0 saturated carbocycles. The second-order valence-corrected chi connectivity index (χ2v) is 3.64. The van der Waals surface area contributed by atoms with Crippen LogP contribution in [-0.4, -0.2) is 20.9 Å². The molecule has 0 fully saturated rings. The standard InChI is InChI=1S/C10H14F2N2O2/c1-4-14-7(3)9(6(2)13-14)10(11,12)5-8(15)16/h4-5H2,1-3H3,(H,15,16). The van der Waals surface area contributed by atoms with Gasteiger partial charge in [-0.15, -0.1) is 0 Å². The molecule has 0 saturated heterocycles. The van der Waals surface area contributed by atoms with Crippen molar-refractivity contribution in [3.8, 4) is 0 Å². The first-order chi connectivity index (χ1) is 7.29. The van der Waals surface area contributed by atoms with Crippen molar-refractivity contribution in [2.45, 2.75) is 39.7 Å². The van der Waals surface area contributed by atoms with E-state index in [9.17, 15) is 13.6 Å². The number of hydrogen-bond acceptors (Lipinski definition) is 2. The van der Waals surface area contributed by atoms with Crippen LogP contribution < -0.4 is 0 Å². The van der Waals surface area contributed by atoms with Crippen LogP contribution in [0.5, 0.6) is 0 Å². The zero-order valence-electron chi connectivity index (χ0n) is 9.42. The van der Waals surface area contributed by atoms with Gasteiger partial charge in [-0.1, -0.05) is 0 Å². The number of rotatable bonds is 4. The van der Waals surface area contributed by atoms with E-state index in [1.165, 1.54) is 18.5 Å². The molecule has 6 heteroatoms. The summed E-state index contributed by atoms with van der Waals surface area (Å²) in [6.45, 7) is 5.26. The van der Waals surface area contributed by atoms with E-state index in [4.69, 9.17) is 5.11 Å². The molecule has 90 valence electrons. The molecule has 0 bridgehead atoms. The zero-order valence-corrected chi connectivity index (χ0v) is 9.42. The first-order valence-corrected chi connectivity index (χ1v) is 4.93. The molecular formula is C10H14F2N2O2. The molecule has 0 atom stereocenters. The Balaban J connectivity index is 3.21. The van der Waals surface area contributed by atoms with E-state index in [1.807, 2.05) is 0 Å². The van der Waals surface area contributed by atoms with Crippen LogP contribution in [-0.2, 0) is 17.3 Å². The van der Waals surface area contributed by atoms with Gasteiger partial charge in [0.15, 0.2) is 0 Å². The highest BCUT2D eigenvalue weighted by molar-refractivity contribution is 5.68. The fourth-order valence-electron chi connectivity index (χ4n) is 1.81. The Kier molecular flexibility index (Phi) is 3.30. The summed E-state index contributed by atoms with van der Waals surface area (Å²) in [5.74, 6) is -4.89. The summed E-state index contributed by atoms with van der Waals surface area (Å²) in [7, 11) is 0. The summed E-state index contributed by atoms with van der Waals surface area (Å²) in [5.41, 5.74) is 0.244. The van der Waals surface area contributed by atoms with Gasteiger partial charge in [-0.05, 0) is 20.8 Å². The number of carboxylic acids is 1. The van der Waals surface area contributed by atoms with Crippen LogP contribution in [0.3, 0.4) is 0 Å². The Morgan fingerprint density at radius 2 is 2.06 bits per heavy atom. The van der Waals surface area contributed by atoms with Crippen LogP contribution in [0, 0.1) is 13.8 Å². The van der Waals surface area contributed by atoms with Crippen molar-refractivity contribution in [1.82, 2.24) is 9.78 Å². The van der Waals surface area contributed by atoms with Crippen molar-refractivity contribution in [1.29, 1.82) is 0 Å². The van der Waals surface area contributed by atoms with Gasteiger partial charge in [-0.2, -0.15) is 5.10 Å². The van der Waals surface area contributed by atoms with Gasteiger partial charge in [0.1, 0.15) is 6.42 Å². The molecule has 4 nitrogen and oxygen atoms in total. The van der Waals surface area contributed by atoms with Crippen molar-refractivity contribution >= 4 is 5.97 Å². The van der Waals surface area contributed by atoms with Crippen molar-refractivity contribution in [2.75, 3.05) is 0 Å². The van der Waals surface area contributed by atoms with Crippen molar-refractivity contribution < 1.29 is 18.7 Å². The molecule has 0 spiro atoms. The fourth-order valence-corrected chi connectivity index (χ4v) is 1.81. The van der Waals surface area contributed by atoms with Crippen molar-refractivity contribution in [3.63, 3.8) is 0 Å². The molecule has 16 heavy (non-hydrogen) atoms. The lowest BCUT2D eigenvalue weighted by molar-refractivity contribution is -0.145. The molecule has 0 aliphatic rings. The van der Waals surface area contributed by atoms with Crippen molar-refractivity contribution in [3.05, 3.63) is 17.0 Å². The minimum atomic E-state index is -3.37. The summed E-state index contributed by atoms with van der Waals surface area (Å²) >= 11 is 0. The predicted octanol–water partition coefficient (Wildman–Crippen LogP) is 2.09. The monoisotopic (exact) mass is 232 g/mol. The third-order valence-corrected chi connectivity index (χ3v) is 2.42. The van der Waals surface area contributed by atoms with E-state index in [1.54, 1.807) is 6.92 Å². The maximum absolute atomic E-state index is 13.6. The fraction of sp³-hybridized carbons (Fsp3) is 0.600. The molecule has 0 aromatic carbocycles. The van der Waals surface area contributed by atoms with Crippen molar-refractivity contribution in [2.24, 2.45) is 0 Å². The molecule has 1 aromatic rings. The average molecular weight is 232 g/mol. The SMILES string of the molecule is CCn1nc(C)c(C(F)(F)CC(=O)O)c1C. The third-order valence-electron chi connectivity index (χ3n) is 2.42. The summed E-state index contributed by atoms with van der Waals surface area (Å²) in [6.07, 6.45) is -1.20. The lowest BCUT2D eigenvalue weighted by Crippen LogP contribution is -2.20. The second-order valence-electron chi connectivity index (χ2n) is 3.64. The van der Waals surface area contributed by atoms with Gasteiger partial charge in [0.05, 0.1) is 11.3 Å². The molecule has 1 aromatic heterocycles. The Morgan fingerprint density at radius 1 is 1.50 bits per heavy atom. The van der Waals surface area contributed by atoms with Gasteiger partial charge in [0.2, 0.25) is 0 Å². The number of alkyl halides is 2. The maximum atomic E-state index is 13.6. The minimum Gasteiger partial charge on any atom is -0.481 e. The Hall–Kier alpha value is -1.46. The molecule has 1 N–H and O–H groups in total. The topological polar surface area (TPSA) is 55.1 Å². The Bertz CT molecular complexity index is 413. The zero-order chi connectivity index (χ0) is 12.5. The number of nitrogens with zero attached hydrogens (tertiary/aromatic N) is 2. The molecule has 0 aliphatic heterocycles. The maximum Gasteiger partial charge on any atom is 0.309 e. The normalized spacial score (nSPS) is 11.8. The minimum absolute atomic E-state index is 0.186.